The van der Waals surface area contributed by atoms with Crippen LogP contribution in [0, 0.1) is 0 Å². The molecule has 0 radical (unpaired) electrons. The summed E-state index contributed by atoms with van der Waals surface area (Å²) in [5, 5.41) is 5.73. The van der Waals surface area contributed by atoms with E-state index in [9.17, 15) is 14.0 Å². The molecule has 5 nitrogen and oxygen atoms in total. The number of nitrogens with zero attached hydrogens (tertiary/aromatic N) is 1. The second kappa shape index (κ2) is 4.52. The fraction of sp³-hybridized carbons (Fsp3) is 0.500. The highest BCUT2D eigenvalue weighted by molar-refractivity contribution is 6.06. The maximum absolute atomic E-state index is 14.2. The van der Waals surface area contributed by atoms with Gasteiger partial charge in [-0.05, 0) is 24.5 Å². The number of halogens is 1. The lowest BCUT2D eigenvalue weighted by molar-refractivity contribution is -0.150. The number of hydrogen-bond acceptors (Lipinski definition) is 3. The molecule has 4 rings (SSSR count). The number of anilines is 1. The summed E-state index contributed by atoms with van der Waals surface area (Å²) in [5.41, 5.74) is -0.445. The second-order valence-electron chi connectivity index (χ2n) is 6.44. The summed E-state index contributed by atoms with van der Waals surface area (Å²) < 4.78 is 14.2. The van der Waals surface area contributed by atoms with Crippen LogP contribution in [-0.4, -0.2) is 48.6 Å². The van der Waals surface area contributed by atoms with E-state index in [2.05, 4.69) is 10.6 Å². The molecule has 22 heavy (non-hydrogen) atoms. The molecule has 3 aliphatic heterocycles. The molecular weight excluding hydrogens is 285 g/mol. The standard InChI is InChI=1S/C16H18FN3O2/c17-16(9-18-10-16)14(22)20-7-5-15(6-8-20)11-3-1-2-4-12(11)19-13(15)21/h1-4,18H,5-10H2,(H,19,21). The van der Waals surface area contributed by atoms with Crippen LogP contribution in [0.4, 0.5) is 10.1 Å². The molecular formula is C16H18FN3O2. The quantitative estimate of drug-likeness (QED) is 0.807. The molecule has 3 heterocycles. The van der Waals surface area contributed by atoms with E-state index in [1.807, 2.05) is 24.3 Å². The summed E-state index contributed by atoms with van der Waals surface area (Å²) in [6, 6.07) is 7.69. The molecule has 0 unspecified atom stereocenters. The number of carbonyl (C=O) groups is 2. The van der Waals surface area contributed by atoms with Crippen molar-refractivity contribution in [1.82, 2.24) is 10.2 Å². The second-order valence-corrected chi connectivity index (χ2v) is 6.44. The van der Waals surface area contributed by atoms with Gasteiger partial charge in [0.05, 0.1) is 5.41 Å². The van der Waals surface area contributed by atoms with E-state index in [0.717, 1.165) is 11.3 Å². The Balaban J connectivity index is 1.54. The largest absolute Gasteiger partial charge is 0.340 e. The zero-order chi connectivity index (χ0) is 15.4. The molecule has 0 aliphatic carbocycles. The molecule has 2 fully saturated rings. The van der Waals surface area contributed by atoms with Gasteiger partial charge in [-0.15, -0.1) is 0 Å². The lowest BCUT2D eigenvalue weighted by atomic mass is 9.73. The van der Waals surface area contributed by atoms with Crippen LogP contribution >= 0.6 is 0 Å². The average Bonchev–Trinajstić information content (AvgIpc) is 2.78. The van der Waals surface area contributed by atoms with Crippen LogP contribution in [0.15, 0.2) is 24.3 Å². The Morgan fingerprint density at radius 2 is 1.86 bits per heavy atom. The van der Waals surface area contributed by atoms with Crippen molar-refractivity contribution in [2.75, 3.05) is 31.5 Å². The summed E-state index contributed by atoms with van der Waals surface area (Å²) in [5.74, 6) is -0.436. The zero-order valence-corrected chi connectivity index (χ0v) is 12.2. The van der Waals surface area contributed by atoms with Crippen molar-refractivity contribution >= 4 is 17.5 Å². The number of rotatable bonds is 1. The normalized spacial score (nSPS) is 24.6. The predicted molar refractivity (Wildman–Crippen MR) is 79.3 cm³/mol. The van der Waals surface area contributed by atoms with Crippen molar-refractivity contribution < 1.29 is 14.0 Å². The van der Waals surface area contributed by atoms with Gasteiger partial charge in [-0.2, -0.15) is 0 Å². The molecule has 3 aliphatic rings. The van der Waals surface area contributed by atoms with Gasteiger partial charge in [0.25, 0.3) is 5.91 Å². The molecule has 0 atom stereocenters. The van der Waals surface area contributed by atoms with E-state index in [4.69, 9.17) is 0 Å². The number of piperidine rings is 1. The van der Waals surface area contributed by atoms with Gasteiger partial charge in [-0.25, -0.2) is 4.39 Å². The first kappa shape index (κ1) is 13.7. The van der Waals surface area contributed by atoms with Gasteiger partial charge in [0.15, 0.2) is 0 Å². The molecule has 1 aromatic carbocycles. The first-order valence-electron chi connectivity index (χ1n) is 7.65. The Bertz CT molecular complexity index is 649. The Hall–Kier alpha value is -1.95. The van der Waals surface area contributed by atoms with E-state index >= 15 is 0 Å². The number of hydrogen-bond donors (Lipinski definition) is 2. The van der Waals surface area contributed by atoms with Gasteiger partial charge in [-0.1, -0.05) is 18.2 Å². The number of fused-ring (bicyclic) bond motifs is 2. The lowest BCUT2D eigenvalue weighted by Crippen LogP contribution is -2.66. The molecule has 2 saturated heterocycles. The van der Waals surface area contributed by atoms with Crippen LogP contribution in [0.5, 0.6) is 0 Å². The molecule has 2 N–H and O–H groups in total. The van der Waals surface area contributed by atoms with Gasteiger partial charge in [0.1, 0.15) is 0 Å². The number of likely N-dealkylation sites (tertiary alicyclic amines) is 1. The molecule has 0 bridgehead atoms. The zero-order valence-electron chi connectivity index (χ0n) is 12.2. The minimum absolute atomic E-state index is 0.000992. The fourth-order valence-electron chi connectivity index (χ4n) is 3.74. The smallest absolute Gasteiger partial charge is 0.262 e. The summed E-state index contributed by atoms with van der Waals surface area (Å²) in [7, 11) is 0. The number of nitrogens with one attached hydrogen (secondary N) is 2. The van der Waals surface area contributed by atoms with Crippen molar-refractivity contribution in [2.45, 2.75) is 23.9 Å². The van der Waals surface area contributed by atoms with Crippen LogP contribution in [0.25, 0.3) is 0 Å². The van der Waals surface area contributed by atoms with E-state index in [-0.39, 0.29) is 19.0 Å². The number of carbonyl (C=O) groups excluding carboxylic acids is 2. The topological polar surface area (TPSA) is 61.4 Å². The highest BCUT2D eigenvalue weighted by Crippen LogP contribution is 2.45. The summed E-state index contributed by atoms with van der Waals surface area (Å²) in [6.45, 7) is 1.03. The van der Waals surface area contributed by atoms with Crippen molar-refractivity contribution in [3.05, 3.63) is 29.8 Å². The molecule has 1 aromatic rings. The van der Waals surface area contributed by atoms with Gasteiger partial charge in [-0.3, -0.25) is 9.59 Å². The summed E-state index contributed by atoms with van der Waals surface area (Å²) in [6.07, 6.45) is 1.09. The van der Waals surface area contributed by atoms with E-state index < -0.39 is 17.0 Å². The lowest BCUT2D eigenvalue weighted by Gasteiger charge is -2.42. The van der Waals surface area contributed by atoms with E-state index in [1.165, 1.54) is 0 Å². The molecule has 6 heteroatoms. The highest BCUT2D eigenvalue weighted by atomic mass is 19.1. The number of para-hydroxylation sites is 1. The Labute approximate surface area is 127 Å². The Morgan fingerprint density at radius 1 is 1.18 bits per heavy atom. The van der Waals surface area contributed by atoms with Crippen LogP contribution in [0.1, 0.15) is 18.4 Å². The first-order chi connectivity index (χ1) is 10.6. The summed E-state index contributed by atoms with van der Waals surface area (Å²) in [4.78, 5) is 26.3. The van der Waals surface area contributed by atoms with Crippen molar-refractivity contribution in [1.29, 1.82) is 0 Å². The molecule has 0 saturated carbocycles. The minimum atomic E-state index is -1.75. The third kappa shape index (κ3) is 1.73. The third-order valence-corrected chi connectivity index (χ3v) is 5.22. The van der Waals surface area contributed by atoms with Crippen LogP contribution in [0.2, 0.25) is 0 Å². The highest BCUT2D eigenvalue weighted by Gasteiger charge is 2.52. The monoisotopic (exact) mass is 303 g/mol. The van der Waals surface area contributed by atoms with Gasteiger partial charge in [0, 0.05) is 31.9 Å². The number of amides is 2. The molecule has 116 valence electrons. The summed E-state index contributed by atoms with van der Waals surface area (Å²) >= 11 is 0. The van der Waals surface area contributed by atoms with Gasteiger partial charge in [0.2, 0.25) is 11.6 Å². The molecule has 2 amide bonds. The van der Waals surface area contributed by atoms with Gasteiger partial charge < -0.3 is 15.5 Å². The van der Waals surface area contributed by atoms with Crippen LogP contribution in [0.3, 0.4) is 0 Å². The SMILES string of the molecule is O=C(N1CCC2(CC1)C(=O)Nc1ccccc12)C1(F)CNC1. The maximum Gasteiger partial charge on any atom is 0.262 e. The maximum atomic E-state index is 14.2. The molecule has 1 spiro atoms. The van der Waals surface area contributed by atoms with Crippen molar-refractivity contribution in [3.8, 4) is 0 Å². The van der Waals surface area contributed by atoms with E-state index in [0.29, 0.717) is 25.9 Å². The van der Waals surface area contributed by atoms with Crippen LogP contribution in [-0.2, 0) is 15.0 Å². The third-order valence-electron chi connectivity index (χ3n) is 5.22. The minimum Gasteiger partial charge on any atom is -0.340 e. The Kier molecular flexibility index (Phi) is 2.81. The Morgan fingerprint density at radius 3 is 2.50 bits per heavy atom. The number of alkyl halides is 1. The van der Waals surface area contributed by atoms with E-state index in [1.54, 1.807) is 4.90 Å². The van der Waals surface area contributed by atoms with Crippen LogP contribution < -0.4 is 10.6 Å². The van der Waals surface area contributed by atoms with Crippen molar-refractivity contribution in [3.63, 3.8) is 0 Å². The van der Waals surface area contributed by atoms with Gasteiger partial charge >= 0.3 is 0 Å². The predicted octanol–water partition coefficient (Wildman–Crippen LogP) is 0.810. The average molecular weight is 303 g/mol. The van der Waals surface area contributed by atoms with Crippen molar-refractivity contribution in [2.24, 2.45) is 0 Å². The first-order valence-corrected chi connectivity index (χ1v) is 7.65. The fourth-order valence-corrected chi connectivity index (χ4v) is 3.74. The number of benzene rings is 1. The molecule has 0 aromatic heterocycles.